The molecule has 0 aliphatic carbocycles. The number of nitrogens with one attached hydrogen (secondary N) is 2. The third-order valence-corrected chi connectivity index (χ3v) is 3.94. The maximum atomic E-state index is 12.2. The molecule has 1 aromatic heterocycles. The van der Waals surface area contributed by atoms with Gasteiger partial charge in [-0.25, -0.2) is 14.5 Å². The quantitative estimate of drug-likeness (QED) is 0.719. The van der Waals surface area contributed by atoms with Crippen LogP contribution in [-0.2, 0) is 6.54 Å². The number of anilines is 1. The van der Waals surface area contributed by atoms with Gasteiger partial charge < -0.3 is 10.6 Å². The van der Waals surface area contributed by atoms with Gasteiger partial charge in [0.1, 0.15) is 12.7 Å². The zero-order valence-corrected chi connectivity index (χ0v) is 14.6. The standard InChI is InChI=1S/C17H16BrN5O/c1-12-2-4-13(5-3-12)9-20-17(24)22-15-8-14(18)6-7-16(15)23-11-19-10-21-23/h2-8,10-11H,9H2,1H3,(H2,20,22,24). The Morgan fingerprint density at radius 1 is 1.21 bits per heavy atom. The van der Waals surface area contributed by atoms with Crippen molar-refractivity contribution in [2.45, 2.75) is 13.5 Å². The number of hydrogen-bond acceptors (Lipinski definition) is 3. The molecule has 2 amide bonds. The first kappa shape index (κ1) is 16.2. The molecule has 1 heterocycles. The lowest BCUT2D eigenvalue weighted by atomic mass is 10.1. The molecule has 0 unspecified atom stereocenters. The lowest BCUT2D eigenvalue weighted by Crippen LogP contribution is -2.28. The Balaban J connectivity index is 1.70. The van der Waals surface area contributed by atoms with Crippen molar-refractivity contribution in [3.8, 4) is 5.69 Å². The number of amides is 2. The minimum Gasteiger partial charge on any atom is -0.334 e. The summed E-state index contributed by atoms with van der Waals surface area (Å²) < 4.78 is 2.46. The minimum atomic E-state index is -0.282. The van der Waals surface area contributed by atoms with Crippen LogP contribution in [0.3, 0.4) is 0 Å². The zero-order chi connectivity index (χ0) is 16.9. The van der Waals surface area contributed by atoms with Crippen LogP contribution in [0.15, 0.2) is 59.6 Å². The molecule has 7 heteroatoms. The number of carbonyl (C=O) groups is 1. The van der Waals surface area contributed by atoms with Crippen LogP contribution in [-0.4, -0.2) is 20.8 Å². The van der Waals surface area contributed by atoms with E-state index in [1.807, 2.05) is 49.4 Å². The van der Waals surface area contributed by atoms with Crippen LogP contribution in [0.1, 0.15) is 11.1 Å². The van der Waals surface area contributed by atoms with Gasteiger partial charge in [-0.3, -0.25) is 0 Å². The number of carbonyl (C=O) groups excluding carboxylic acids is 1. The predicted octanol–water partition coefficient (Wildman–Crippen LogP) is 3.66. The molecule has 0 spiro atoms. The van der Waals surface area contributed by atoms with E-state index >= 15 is 0 Å². The van der Waals surface area contributed by atoms with Crippen molar-refractivity contribution in [3.05, 3.63) is 70.7 Å². The molecule has 2 N–H and O–H groups in total. The summed E-state index contributed by atoms with van der Waals surface area (Å²) in [6, 6.07) is 13.3. The second-order valence-corrected chi connectivity index (χ2v) is 6.21. The van der Waals surface area contributed by atoms with Crippen LogP contribution in [0.4, 0.5) is 10.5 Å². The highest BCUT2D eigenvalue weighted by Crippen LogP contribution is 2.24. The van der Waals surface area contributed by atoms with Gasteiger partial charge in [0, 0.05) is 11.0 Å². The molecule has 0 atom stereocenters. The molecule has 0 bridgehead atoms. The minimum absolute atomic E-state index is 0.282. The van der Waals surface area contributed by atoms with Crippen LogP contribution < -0.4 is 10.6 Å². The number of aromatic nitrogens is 3. The van der Waals surface area contributed by atoms with Gasteiger partial charge in [0.05, 0.1) is 11.4 Å². The largest absolute Gasteiger partial charge is 0.334 e. The van der Waals surface area contributed by atoms with Crippen LogP contribution in [0, 0.1) is 6.92 Å². The number of aryl methyl sites for hydroxylation is 1. The van der Waals surface area contributed by atoms with E-state index in [2.05, 4.69) is 36.6 Å². The Hall–Kier alpha value is -2.67. The number of urea groups is 1. The van der Waals surface area contributed by atoms with Crippen molar-refractivity contribution < 1.29 is 4.79 Å². The van der Waals surface area contributed by atoms with Crippen molar-refractivity contribution in [3.63, 3.8) is 0 Å². The number of hydrogen-bond donors (Lipinski definition) is 2. The van der Waals surface area contributed by atoms with Gasteiger partial charge in [0.2, 0.25) is 0 Å². The van der Waals surface area contributed by atoms with Crippen molar-refractivity contribution in [1.29, 1.82) is 0 Å². The smallest absolute Gasteiger partial charge is 0.319 e. The number of rotatable bonds is 4. The molecular weight excluding hydrogens is 370 g/mol. The van der Waals surface area contributed by atoms with Gasteiger partial charge in [0.15, 0.2) is 0 Å². The average molecular weight is 386 g/mol. The first-order valence-corrected chi connectivity index (χ1v) is 8.16. The number of benzene rings is 2. The summed E-state index contributed by atoms with van der Waals surface area (Å²) >= 11 is 3.41. The van der Waals surface area contributed by atoms with Gasteiger partial charge in [0.25, 0.3) is 0 Å². The van der Waals surface area contributed by atoms with E-state index in [4.69, 9.17) is 0 Å². The lowest BCUT2D eigenvalue weighted by molar-refractivity contribution is 0.251. The summed E-state index contributed by atoms with van der Waals surface area (Å²) in [6.45, 7) is 2.49. The van der Waals surface area contributed by atoms with E-state index in [1.165, 1.54) is 11.9 Å². The summed E-state index contributed by atoms with van der Waals surface area (Å²) in [7, 11) is 0. The fourth-order valence-electron chi connectivity index (χ4n) is 2.20. The maximum Gasteiger partial charge on any atom is 0.319 e. The Labute approximate surface area is 148 Å². The van der Waals surface area contributed by atoms with E-state index in [0.717, 1.165) is 15.7 Å². The van der Waals surface area contributed by atoms with Crippen LogP contribution >= 0.6 is 15.9 Å². The summed E-state index contributed by atoms with van der Waals surface area (Å²) in [6.07, 6.45) is 3.03. The first-order valence-electron chi connectivity index (χ1n) is 7.37. The number of halogens is 1. The monoisotopic (exact) mass is 385 g/mol. The van der Waals surface area contributed by atoms with Crippen molar-refractivity contribution >= 4 is 27.6 Å². The molecule has 6 nitrogen and oxygen atoms in total. The molecule has 2 aromatic carbocycles. The third-order valence-electron chi connectivity index (χ3n) is 3.45. The second kappa shape index (κ2) is 7.27. The Morgan fingerprint density at radius 3 is 2.71 bits per heavy atom. The summed E-state index contributed by atoms with van der Waals surface area (Å²) in [5, 5.41) is 9.81. The molecule has 0 saturated carbocycles. The van der Waals surface area contributed by atoms with Gasteiger partial charge in [-0.2, -0.15) is 5.10 Å². The highest BCUT2D eigenvalue weighted by atomic mass is 79.9. The molecule has 24 heavy (non-hydrogen) atoms. The van der Waals surface area contributed by atoms with Crippen LogP contribution in [0.5, 0.6) is 0 Å². The van der Waals surface area contributed by atoms with Crippen molar-refractivity contribution in [2.24, 2.45) is 0 Å². The first-order chi connectivity index (χ1) is 11.6. The fraction of sp³-hybridized carbons (Fsp3) is 0.118. The molecule has 0 aliphatic heterocycles. The van der Waals surface area contributed by atoms with E-state index in [-0.39, 0.29) is 6.03 Å². The highest BCUT2D eigenvalue weighted by molar-refractivity contribution is 9.10. The fourth-order valence-corrected chi connectivity index (χ4v) is 2.56. The van der Waals surface area contributed by atoms with Gasteiger partial charge in [-0.1, -0.05) is 45.8 Å². The van der Waals surface area contributed by atoms with E-state index < -0.39 is 0 Å². The van der Waals surface area contributed by atoms with Crippen molar-refractivity contribution in [2.75, 3.05) is 5.32 Å². The summed E-state index contributed by atoms with van der Waals surface area (Å²) in [4.78, 5) is 16.1. The Kier molecular flexibility index (Phi) is 4.90. The van der Waals surface area contributed by atoms with E-state index in [9.17, 15) is 4.79 Å². The molecular formula is C17H16BrN5O. The number of nitrogens with zero attached hydrogens (tertiary/aromatic N) is 3. The Bertz CT molecular complexity index is 831. The molecule has 0 saturated heterocycles. The van der Waals surface area contributed by atoms with E-state index in [0.29, 0.717) is 12.2 Å². The summed E-state index contributed by atoms with van der Waals surface area (Å²) in [5.41, 5.74) is 3.61. The third kappa shape index (κ3) is 3.99. The molecule has 0 fully saturated rings. The van der Waals surface area contributed by atoms with Crippen LogP contribution in [0.2, 0.25) is 0 Å². The SMILES string of the molecule is Cc1ccc(CNC(=O)Nc2cc(Br)ccc2-n2cncn2)cc1. The zero-order valence-electron chi connectivity index (χ0n) is 13.0. The lowest BCUT2D eigenvalue weighted by Gasteiger charge is -2.12. The summed E-state index contributed by atoms with van der Waals surface area (Å²) in [5.74, 6) is 0. The van der Waals surface area contributed by atoms with Gasteiger partial charge in [-0.05, 0) is 30.7 Å². The average Bonchev–Trinajstić information content (AvgIpc) is 3.09. The predicted molar refractivity (Wildman–Crippen MR) is 96.1 cm³/mol. The topological polar surface area (TPSA) is 71.8 Å². The normalized spacial score (nSPS) is 10.4. The second-order valence-electron chi connectivity index (χ2n) is 5.29. The van der Waals surface area contributed by atoms with Gasteiger partial charge in [-0.15, -0.1) is 0 Å². The van der Waals surface area contributed by atoms with E-state index in [1.54, 1.807) is 11.0 Å². The van der Waals surface area contributed by atoms with Crippen LogP contribution in [0.25, 0.3) is 5.69 Å². The Morgan fingerprint density at radius 2 is 2.00 bits per heavy atom. The molecule has 122 valence electrons. The molecule has 3 aromatic rings. The molecule has 0 aliphatic rings. The molecule has 0 radical (unpaired) electrons. The molecule has 3 rings (SSSR count). The van der Waals surface area contributed by atoms with Crippen molar-refractivity contribution in [1.82, 2.24) is 20.1 Å². The highest BCUT2D eigenvalue weighted by Gasteiger charge is 2.09. The maximum absolute atomic E-state index is 12.2. The van der Waals surface area contributed by atoms with Gasteiger partial charge >= 0.3 is 6.03 Å².